The highest BCUT2D eigenvalue weighted by atomic mass is 32.1. The molecule has 0 aromatic heterocycles. The first-order valence-electron chi connectivity index (χ1n) is 6.49. The molecule has 1 saturated heterocycles. The lowest BCUT2D eigenvalue weighted by molar-refractivity contribution is -0.123. The van der Waals surface area contributed by atoms with Gasteiger partial charge in [-0.25, -0.2) is 0 Å². The molecule has 18 heavy (non-hydrogen) atoms. The van der Waals surface area contributed by atoms with Gasteiger partial charge in [0.15, 0.2) is 0 Å². The van der Waals surface area contributed by atoms with Crippen LogP contribution in [0.15, 0.2) is 0 Å². The molecule has 0 radical (unpaired) electrons. The summed E-state index contributed by atoms with van der Waals surface area (Å²) >= 11 is 4.89. The van der Waals surface area contributed by atoms with Crippen molar-refractivity contribution in [1.82, 2.24) is 10.2 Å². The second-order valence-corrected chi connectivity index (χ2v) is 5.06. The molecule has 0 aromatic carbocycles. The Kier molecular flexibility index (Phi) is 7.15. The van der Waals surface area contributed by atoms with Gasteiger partial charge in [0.2, 0.25) is 5.91 Å². The summed E-state index contributed by atoms with van der Waals surface area (Å²) in [5, 5.41) is 3.04. The number of hydrogen-bond donors (Lipinski definition) is 2. The maximum atomic E-state index is 11.6. The third-order valence-corrected chi connectivity index (χ3v) is 3.14. The molecule has 0 spiro atoms. The monoisotopic (exact) mass is 273 g/mol. The van der Waals surface area contributed by atoms with Crippen molar-refractivity contribution in [2.75, 3.05) is 32.8 Å². The van der Waals surface area contributed by atoms with E-state index in [4.69, 9.17) is 22.7 Å². The Morgan fingerprint density at radius 1 is 1.50 bits per heavy atom. The van der Waals surface area contributed by atoms with E-state index in [1.54, 1.807) is 0 Å². The highest BCUT2D eigenvalue weighted by Crippen LogP contribution is 2.10. The van der Waals surface area contributed by atoms with Crippen molar-refractivity contribution in [2.45, 2.75) is 32.2 Å². The maximum absolute atomic E-state index is 11.6. The SMILES string of the molecule is CCOCCC(=O)NC1CCN(CC(N)=S)CC1. The minimum atomic E-state index is 0.0799. The Balaban J connectivity index is 2.14. The van der Waals surface area contributed by atoms with Gasteiger partial charge in [0.25, 0.3) is 0 Å². The van der Waals surface area contributed by atoms with Crippen molar-refractivity contribution < 1.29 is 9.53 Å². The molecule has 0 atom stereocenters. The van der Waals surface area contributed by atoms with Gasteiger partial charge in [0.1, 0.15) is 0 Å². The molecule has 0 saturated carbocycles. The van der Waals surface area contributed by atoms with Crippen LogP contribution in [0.25, 0.3) is 0 Å². The fraction of sp³-hybridized carbons (Fsp3) is 0.833. The molecule has 104 valence electrons. The molecule has 1 aliphatic rings. The topological polar surface area (TPSA) is 67.6 Å². The third kappa shape index (κ3) is 6.28. The molecule has 0 aliphatic carbocycles. The number of carbonyl (C=O) groups excluding carboxylic acids is 1. The van der Waals surface area contributed by atoms with Gasteiger partial charge in [-0.1, -0.05) is 12.2 Å². The third-order valence-electron chi connectivity index (χ3n) is 3.01. The Hall–Kier alpha value is -0.720. The van der Waals surface area contributed by atoms with E-state index < -0.39 is 0 Å². The molecule has 1 fully saturated rings. The number of ether oxygens (including phenoxy) is 1. The van der Waals surface area contributed by atoms with Crippen LogP contribution < -0.4 is 11.1 Å². The molecule has 1 heterocycles. The smallest absolute Gasteiger partial charge is 0.222 e. The van der Waals surface area contributed by atoms with Crippen LogP contribution in [-0.4, -0.2) is 54.7 Å². The van der Waals surface area contributed by atoms with Crippen LogP contribution in [0.4, 0.5) is 0 Å². The second kappa shape index (κ2) is 8.39. The number of carbonyl (C=O) groups is 1. The zero-order chi connectivity index (χ0) is 13.4. The van der Waals surface area contributed by atoms with Crippen molar-refractivity contribution in [3.05, 3.63) is 0 Å². The number of nitrogens with one attached hydrogen (secondary N) is 1. The van der Waals surface area contributed by atoms with E-state index >= 15 is 0 Å². The lowest BCUT2D eigenvalue weighted by atomic mass is 10.0. The highest BCUT2D eigenvalue weighted by Gasteiger charge is 2.20. The largest absolute Gasteiger partial charge is 0.392 e. The van der Waals surface area contributed by atoms with Gasteiger partial charge in [-0.05, 0) is 19.8 Å². The van der Waals surface area contributed by atoms with Crippen LogP contribution in [0.1, 0.15) is 26.2 Å². The summed E-state index contributed by atoms with van der Waals surface area (Å²) in [6, 6.07) is 0.279. The van der Waals surface area contributed by atoms with Crippen molar-refractivity contribution in [1.29, 1.82) is 0 Å². The zero-order valence-electron chi connectivity index (χ0n) is 11.0. The second-order valence-electron chi connectivity index (χ2n) is 4.53. The summed E-state index contributed by atoms with van der Waals surface area (Å²) in [6.45, 7) is 5.64. The summed E-state index contributed by atoms with van der Waals surface area (Å²) in [5.41, 5.74) is 5.51. The number of nitrogens with two attached hydrogens (primary N) is 1. The predicted molar refractivity (Wildman–Crippen MR) is 75.5 cm³/mol. The van der Waals surface area contributed by atoms with E-state index in [1.807, 2.05) is 6.92 Å². The van der Waals surface area contributed by atoms with E-state index in [9.17, 15) is 4.79 Å². The lowest BCUT2D eigenvalue weighted by Gasteiger charge is -2.31. The van der Waals surface area contributed by atoms with Crippen LogP contribution >= 0.6 is 12.2 Å². The first-order chi connectivity index (χ1) is 8.61. The zero-order valence-corrected chi connectivity index (χ0v) is 11.8. The van der Waals surface area contributed by atoms with Gasteiger partial charge >= 0.3 is 0 Å². The molecule has 6 heteroatoms. The Bertz CT molecular complexity index is 278. The van der Waals surface area contributed by atoms with Crippen LogP contribution in [0.5, 0.6) is 0 Å². The lowest BCUT2D eigenvalue weighted by Crippen LogP contribution is -2.46. The van der Waals surface area contributed by atoms with Gasteiger partial charge in [0, 0.05) is 38.7 Å². The molecule has 1 aliphatic heterocycles. The maximum Gasteiger partial charge on any atom is 0.222 e. The molecule has 1 rings (SSSR count). The van der Waals surface area contributed by atoms with Crippen LogP contribution in [-0.2, 0) is 9.53 Å². The summed E-state index contributed by atoms with van der Waals surface area (Å²) in [6.07, 6.45) is 2.37. The Morgan fingerprint density at radius 2 is 2.17 bits per heavy atom. The summed E-state index contributed by atoms with van der Waals surface area (Å²) in [5.74, 6) is 0.0799. The summed E-state index contributed by atoms with van der Waals surface area (Å²) in [7, 11) is 0. The summed E-state index contributed by atoms with van der Waals surface area (Å²) < 4.78 is 5.16. The Labute approximate surface area is 114 Å². The first-order valence-corrected chi connectivity index (χ1v) is 6.90. The van der Waals surface area contributed by atoms with Gasteiger partial charge in [-0.15, -0.1) is 0 Å². The first kappa shape index (κ1) is 15.3. The summed E-state index contributed by atoms with van der Waals surface area (Å²) in [4.78, 5) is 14.4. The number of rotatable bonds is 7. The molecular formula is C12H23N3O2S. The van der Waals surface area contributed by atoms with Crippen LogP contribution in [0.2, 0.25) is 0 Å². The number of nitrogens with zero attached hydrogens (tertiary/aromatic N) is 1. The quantitative estimate of drug-likeness (QED) is 0.515. The van der Waals surface area contributed by atoms with E-state index in [0.29, 0.717) is 31.2 Å². The molecule has 5 nitrogen and oxygen atoms in total. The Morgan fingerprint density at radius 3 is 2.72 bits per heavy atom. The standard InChI is InChI=1S/C12H23N3O2S/c1-2-17-8-5-12(16)14-10-3-6-15(7-4-10)9-11(13)18/h10H,2-9H2,1H3,(H2,13,18)(H,14,16). The van der Waals surface area contributed by atoms with Gasteiger partial charge < -0.3 is 15.8 Å². The van der Waals surface area contributed by atoms with E-state index in [1.165, 1.54) is 0 Å². The van der Waals surface area contributed by atoms with Crippen LogP contribution in [0.3, 0.4) is 0 Å². The fourth-order valence-corrected chi connectivity index (χ4v) is 2.25. The molecule has 1 amide bonds. The van der Waals surface area contributed by atoms with E-state index in [-0.39, 0.29) is 11.9 Å². The molecular weight excluding hydrogens is 250 g/mol. The number of piperidine rings is 1. The molecule has 3 N–H and O–H groups in total. The van der Waals surface area contributed by atoms with E-state index in [0.717, 1.165) is 25.9 Å². The van der Waals surface area contributed by atoms with Crippen LogP contribution in [0, 0.1) is 0 Å². The fourth-order valence-electron chi connectivity index (χ4n) is 2.06. The molecule has 0 unspecified atom stereocenters. The van der Waals surface area contributed by atoms with Crippen molar-refractivity contribution in [3.8, 4) is 0 Å². The number of hydrogen-bond acceptors (Lipinski definition) is 4. The predicted octanol–water partition coefficient (Wildman–Crippen LogP) is 0.280. The van der Waals surface area contributed by atoms with Crippen molar-refractivity contribution >= 4 is 23.1 Å². The minimum Gasteiger partial charge on any atom is -0.392 e. The molecule has 0 aromatic rings. The minimum absolute atomic E-state index is 0.0799. The number of thiocarbonyl (C=S) groups is 1. The van der Waals surface area contributed by atoms with Crippen molar-refractivity contribution in [2.24, 2.45) is 5.73 Å². The molecule has 0 bridgehead atoms. The van der Waals surface area contributed by atoms with Gasteiger partial charge in [0.05, 0.1) is 11.6 Å². The average Bonchev–Trinajstić information content (AvgIpc) is 2.31. The average molecular weight is 273 g/mol. The number of likely N-dealkylation sites (tertiary alicyclic amines) is 1. The number of amides is 1. The highest BCUT2D eigenvalue weighted by molar-refractivity contribution is 7.80. The van der Waals surface area contributed by atoms with Crippen molar-refractivity contribution in [3.63, 3.8) is 0 Å². The van der Waals surface area contributed by atoms with Gasteiger partial charge in [-0.2, -0.15) is 0 Å². The normalized spacial score (nSPS) is 17.6. The van der Waals surface area contributed by atoms with E-state index in [2.05, 4.69) is 10.2 Å². The van der Waals surface area contributed by atoms with Gasteiger partial charge in [-0.3, -0.25) is 9.69 Å².